The van der Waals surface area contributed by atoms with Crippen molar-refractivity contribution in [3.63, 3.8) is 0 Å². The molecule has 28 heavy (non-hydrogen) atoms. The summed E-state index contributed by atoms with van der Waals surface area (Å²) in [6.45, 7) is 6.27. The number of nitrogens with one attached hydrogen (secondary N) is 1. The number of thiocarbonyl (C=S) groups is 1. The van der Waals surface area contributed by atoms with E-state index in [4.69, 9.17) is 12.2 Å². The normalized spacial score (nSPS) is 19.8. The van der Waals surface area contributed by atoms with Crippen LogP contribution in [-0.4, -0.2) is 40.1 Å². The van der Waals surface area contributed by atoms with Crippen LogP contribution in [0.3, 0.4) is 0 Å². The summed E-state index contributed by atoms with van der Waals surface area (Å²) in [7, 11) is 0. The van der Waals surface area contributed by atoms with Crippen molar-refractivity contribution in [2.45, 2.75) is 37.8 Å². The van der Waals surface area contributed by atoms with E-state index in [0.717, 1.165) is 40.7 Å². The number of thioether (sulfide) groups is 1. The molecule has 2 unspecified atom stereocenters. The second-order valence-electron chi connectivity index (χ2n) is 7.49. The van der Waals surface area contributed by atoms with E-state index in [2.05, 4.69) is 54.4 Å². The monoisotopic (exact) mass is 409 g/mol. The first-order valence-corrected chi connectivity index (χ1v) is 11.1. The van der Waals surface area contributed by atoms with Crippen molar-refractivity contribution >= 4 is 28.3 Å². The highest BCUT2D eigenvalue weighted by molar-refractivity contribution is 8.22. The highest BCUT2D eigenvalue weighted by atomic mass is 32.2. The number of hydrogen-bond donors (Lipinski definition) is 1. The molecule has 0 radical (unpaired) electrons. The van der Waals surface area contributed by atoms with Gasteiger partial charge in [0.25, 0.3) is 0 Å². The molecule has 0 spiro atoms. The molecule has 146 valence electrons. The van der Waals surface area contributed by atoms with Crippen LogP contribution in [0.15, 0.2) is 60.7 Å². The smallest absolute Gasteiger partial charge is 0.136 e. The minimum absolute atomic E-state index is 0.439. The van der Waals surface area contributed by atoms with Gasteiger partial charge >= 0.3 is 0 Å². The SMILES string of the molecule is CC1CN(C(=S)SCCC(C#N)(c2ccccc2)c2ccccc2)CC(C)N1. The fourth-order valence-electron chi connectivity index (χ4n) is 3.94. The highest BCUT2D eigenvalue weighted by Crippen LogP contribution is 2.36. The molecule has 1 aliphatic heterocycles. The van der Waals surface area contributed by atoms with E-state index in [9.17, 15) is 5.26 Å². The van der Waals surface area contributed by atoms with Gasteiger partial charge in [0.05, 0.1) is 6.07 Å². The van der Waals surface area contributed by atoms with Crippen molar-refractivity contribution in [3.8, 4) is 6.07 Å². The average molecular weight is 410 g/mol. The van der Waals surface area contributed by atoms with Gasteiger partial charge < -0.3 is 10.2 Å². The second kappa shape index (κ2) is 9.56. The number of nitrogens with zero attached hydrogens (tertiary/aromatic N) is 2. The van der Waals surface area contributed by atoms with Crippen molar-refractivity contribution in [2.24, 2.45) is 0 Å². The Balaban J connectivity index is 1.74. The van der Waals surface area contributed by atoms with E-state index in [1.807, 2.05) is 36.4 Å². The molecule has 0 amide bonds. The van der Waals surface area contributed by atoms with E-state index in [1.165, 1.54) is 0 Å². The molecular weight excluding hydrogens is 382 g/mol. The number of nitriles is 1. The van der Waals surface area contributed by atoms with Gasteiger partial charge in [-0.05, 0) is 31.4 Å². The highest BCUT2D eigenvalue weighted by Gasteiger charge is 2.34. The van der Waals surface area contributed by atoms with Gasteiger partial charge in [0, 0.05) is 30.9 Å². The zero-order valence-electron chi connectivity index (χ0n) is 16.5. The third-order valence-electron chi connectivity index (χ3n) is 5.24. The minimum atomic E-state index is -0.658. The molecular formula is C23H27N3S2. The van der Waals surface area contributed by atoms with E-state index >= 15 is 0 Å². The second-order valence-corrected chi connectivity index (χ2v) is 9.22. The Kier molecular flexibility index (Phi) is 7.12. The number of hydrogen-bond acceptors (Lipinski definition) is 4. The molecule has 0 aliphatic carbocycles. The molecule has 0 bridgehead atoms. The topological polar surface area (TPSA) is 39.1 Å². The molecule has 3 rings (SSSR count). The van der Waals surface area contributed by atoms with Crippen molar-refractivity contribution < 1.29 is 0 Å². The Morgan fingerprint density at radius 3 is 2.04 bits per heavy atom. The predicted octanol–water partition coefficient (Wildman–Crippen LogP) is 4.59. The maximum Gasteiger partial charge on any atom is 0.136 e. The van der Waals surface area contributed by atoms with Crippen LogP contribution >= 0.6 is 24.0 Å². The van der Waals surface area contributed by atoms with Crippen LogP contribution < -0.4 is 5.32 Å². The Bertz CT molecular complexity index is 767. The Morgan fingerprint density at radius 1 is 1.07 bits per heavy atom. The van der Waals surface area contributed by atoms with Crippen LogP contribution in [0.25, 0.3) is 0 Å². The molecule has 0 aromatic heterocycles. The summed E-state index contributed by atoms with van der Waals surface area (Å²) in [5.74, 6) is 0.808. The lowest BCUT2D eigenvalue weighted by Crippen LogP contribution is -2.55. The Hall–Kier alpha value is -1.87. The van der Waals surface area contributed by atoms with Gasteiger partial charge in [-0.3, -0.25) is 0 Å². The van der Waals surface area contributed by atoms with Crippen LogP contribution in [0.2, 0.25) is 0 Å². The lowest BCUT2D eigenvalue weighted by atomic mass is 9.74. The minimum Gasteiger partial charge on any atom is -0.354 e. The molecule has 5 heteroatoms. The van der Waals surface area contributed by atoms with Gasteiger partial charge in [-0.15, -0.1) is 0 Å². The molecule has 2 aromatic rings. The molecule has 2 atom stereocenters. The number of piperazine rings is 1. The molecule has 1 fully saturated rings. The third kappa shape index (κ3) is 4.75. The summed E-state index contributed by atoms with van der Waals surface area (Å²) in [5.41, 5.74) is 1.43. The first-order chi connectivity index (χ1) is 13.5. The van der Waals surface area contributed by atoms with Crippen LogP contribution in [-0.2, 0) is 5.41 Å². The van der Waals surface area contributed by atoms with E-state index in [1.54, 1.807) is 11.8 Å². The van der Waals surface area contributed by atoms with Crippen molar-refractivity contribution in [1.29, 1.82) is 5.26 Å². The van der Waals surface area contributed by atoms with Gasteiger partial charge in [0.2, 0.25) is 0 Å². The lowest BCUT2D eigenvalue weighted by molar-refractivity contribution is 0.261. The van der Waals surface area contributed by atoms with Crippen LogP contribution in [0, 0.1) is 11.3 Å². The van der Waals surface area contributed by atoms with Gasteiger partial charge in [-0.25, -0.2) is 0 Å². The fraction of sp³-hybridized carbons (Fsp3) is 0.391. The van der Waals surface area contributed by atoms with E-state index in [-0.39, 0.29) is 0 Å². The van der Waals surface area contributed by atoms with Gasteiger partial charge in [0.1, 0.15) is 9.74 Å². The maximum absolute atomic E-state index is 10.3. The summed E-state index contributed by atoms with van der Waals surface area (Å²) < 4.78 is 0.938. The molecule has 1 saturated heterocycles. The first-order valence-electron chi connectivity index (χ1n) is 9.75. The summed E-state index contributed by atoms with van der Waals surface area (Å²) in [5, 5.41) is 13.8. The van der Waals surface area contributed by atoms with Gasteiger partial charge in [-0.2, -0.15) is 5.26 Å². The first kappa shape index (κ1) is 20.9. The predicted molar refractivity (Wildman–Crippen MR) is 123 cm³/mol. The van der Waals surface area contributed by atoms with Crippen LogP contribution in [0.4, 0.5) is 0 Å². The third-order valence-corrected chi connectivity index (χ3v) is 6.77. The van der Waals surface area contributed by atoms with Crippen molar-refractivity contribution in [1.82, 2.24) is 10.2 Å². The van der Waals surface area contributed by atoms with E-state index < -0.39 is 5.41 Å². The summed E-state index contributed by atoms with van der Waals surface area (Å²) >= 11 is 7.41. The Morgan fingerprint density at radius 2 is 1.57 bits per heavy atom. The van der Waals surface area contributed by atoms with Gasteiger partial charge in [-0.1, -0.05) is 84.6 Å². The standard InChI is InChI=1S/C23H27N3S2/c1-18-15-26(16-19(2)25-18)22(27)28-14-13-23(17-24,20-9-5-3-6-10-20)21-11-7-4-8-12-21/h3-12,18-19,25H,13-16H2,1-2H3. The lowest BCUT2D eigenvalue weighted by Gasteiger charge is -2.37. The number of benzene rings is 2. The van der Waals surface area contributed by atoms with Crippen molar-refractivity contribution in [3.05, 3.63) is 71.8 Å². The molecule has 0 saturated carbocycles. The Labute approximate surface area is 178 Å². The maximum atomic E-state index is 10.3. The molecule has 1 heterocycles. The number of rotatable bonds is 5. The summed E-state index contributed by atoms with van der Waals surface area (Å²) in [4.78, 5) is 2.30. The largest absolute Gasteiger partial charge is 0.354 e. The van der Waals surface area contributed by atoms with Crippen molar-refractivity contribution in [2.75, 3.05) is 18.8 Å². The average Bonchev–Trinajstić information content (AvgIpc) is 2.72. The molecule has 2 aromatic carbocycles. The quantitative estimate of drug-likeness (QED) is 0.732. The van der Waals surface area contributed by atoms with Gasteiger partial charge in [0.15, 0.2) is 0 Å². The summed E-state index contributed by atoms with van der Waals surface area (Å²) in [6, 6.07) is 23.7. The zero-order valence-corrected chi connectivity index (χ0v) is 18.1. The fourth-order valence-corrected chi connectivity index (χ4v) is 5.26. The zero-order chi connectivity index (χ0) is 20.0. The molecule has 3 nitrogen and oxygen atoms in total. The molecule has 1 N–H and O–H groups in total. The van der Waals surface area contributed by atoms with Crippen LogP contribution in [0.1, 0.15) is 31.4 Å². The molecule has 1 aliphatic rings. The summed E-state index contributed by atoms with van der Waals surface area (Å²) in [6.07, 6.45) is 0.722. The van der Waals surface area contributed by atoms with Crippen LogP contribution in [0.5, 0.6) is 0 Å². The van der Waals surface area contributed by atoms with E-state index in [0.29, 0.717) is 12.1 Å².